The number of esters is 1. The minimum atomic E-state index is -4.69. The number of hydrogen-bond donors (Lipinski definition) is 2. The summed E-state index contributed by atoms with van der Waals surface area (Å²) < 4.78 is 46.7. The zero-order valence-electron chi connectivity index (χ0n) is 20.8. The van der Waals surface area contributed by atoms with E-state index >= 15 is 0 Å². The van der Waals surface area contributed by atoms with Crippen LogP contribution in [0.1, 0.15) is 37.9 Å². The molecular formula is C24H32F3N5O4. The van der Waals surface area contributed by atoms with Crippen LogP contribution in [0.15, 0.2) is 35.5 Å². The molecule has 3 rings (SSSR count). The van der Waals surface area contributed by atoms with Crippen molar-refractivity contribution in [1.82, 2.24) is 25.3 Å². The normalized spacial score (nSPS) is 21.4. The molecule has 2 heterocycles. The van der Waals surface area contributed by atoms with Gasteiger partial charge >= 0.3 is 24.2 Å². The van der Waals surface area contributed by atoms with Crippen molar-refractivity contribution in [2.24, 2.45) is 0 Å². The van der Waals surface area contributed by atoms with Crippen LogP contribution in [0.3, 0.4) is 0 Å². The number of benzene rings is 1. The van der Waals surface area contributed by atoms with Crippen LogP contribution in [0.4, 0.5) is 22.8 Å². The van der Waals surface area contributed by atoms with Gasteiger partial charge in [-0.3, -0.25) is 9.80 Å². The Morgan fingerprint density at radius 1 is 1.19 bits per heavy atom. The Bertz CT molecular complexity index is 1030. The number of halogens is 3. The number of nitrogens with zero attached hydrogens (tertiary/aromatic N) is 3. The highest BCUT2D eigenvalue weighted by molar-refractivity contribution is 5.95. The lowest BCUT2D eigenvalue weighted by Gasteiger charge is -2.42. The van der Waals surface area contributed by atoms with Gasteiger partial charge in [-0.05, 0) is 32.4 Å². The van der Waals surface area contributed by atoms with Gasteiger partial charge in [-0.15, -0.1) is 0 Å². The van der Waals surface area contributed by atoms with Crippen LogP contribution in [-0.4, -0.2) is 85.2 Å². The van der Waals surface area contributed by atoms with Gasteiger partial charge in [0.2, 0.25) is 0 Å². The van der Waals surface area contributed by atoms with E-state index in [2.05, 4.69) is 10.6 Å². The minimum Gasteiger partial charge on any atom is -0.463 e. The first kappa shape index (κ1) is 27.3. The number of urea groups is 2. The van der Waals surface area contributed by atoms with E-state index in [1.807, 2.05) is 18.7 Å². The van der Waals surface area contributed by atoms with Gasteiger partial charge in [0.1, 0.15) is 0 Å². The molecule has 0 aromatic heterocycles. The first-order valence-corrected chi connectivity index (χ1v) is 11.9. The molecule has 4 amide bonds. The van der Waals surface area contributed by atoms with Crippen molar-refractivity contribution in [3.63, 3.8) is 0 Å². The highest BCUT2D eigenvalue weighted by Gasteiger charge is 2.42. The molecule has 2 aliphatic heterocycles. The molecule has 0 saturated carbocycles. The minimum absolute atomic E-state index is 0.0170. The topological polar surface area (TPSA) is 94.2 Å². The maximum Gasteiger partial charge on any atom is 0.416 e. The fourth-order valence-electron chi connectivity index (χ4n) is 4.58. The molecule has 9 nitrogen and oxygen atoms in total. The Balaban J connectivity index is 2.01. The highest BCUT2D eigenvalue weighted by Crippen LogP contribution is 2.39. The molecule has 2 N–H and O–H groups in total. The molecule has 1 fully saturated rings. The van der Waals surface area contributed by atoms with E-state index in [1.165, 1.54) is 30.1 Å². The Hall–Kier alpha value is -3.28. The van der Waals surface area contributed by atoms with Crippen molar-refractivity contribution < 1.29 is 32.3 Å². The molecule has 0 bridgehead atoms. The molecule has 36 heavy (non-hydrogen) atoms. The predicted octanol–water partition coefficient (Wildman–Crippen LogP) is 2.95. The van der Waals surface area contributed by atoms with Crippen LogP contribution in [0.2, 0.25) is 0 Å². The van der Waals surface area contributed by atoms with Crippen molar-refractivity contribution in [2.75, 3.05) is 46.4 Å². The quantitative estimate of drug-likeness (QED) is 0.573. The summed E-state index contributed by atoms with van der Waals surface area (Å²) in [5.41, 5.74) is -0.959. The van der Waals surface area contributed by atoms with Crippen LogP contribution < -0.4 is 10.6 Å². The maximum atomic E-state index is 13.8. The first-order valence-electron chi connectivity index (χ1n) is 11.9. The summed E-state index contributed by atoms with van der Waals surface area (Å²) in [6.07, 6.45) is -4.69. The maximum absolute atomic E-state index is 13.8. The van der Waals surface area contributed by atoms with E-state index in [0.29, 0.717) is 26.2 Å². The van der Waals surface area contributed by atoms with Crippen molar-refractivity contribution in [2.45, 2.75) is 39.0 Å². The molecular weight excluding hydrogens is 479 g/mol. The fraction of sp³-hybridized carbons (Fsp3) is 0.542. The summed E-state index contributed by atoms with van der Waals surface area (Å²) in [7, 11) is 1.46. The number of carbonyl (C=O) groups excluding carboxylic acids is 3. The second kappa shape index (κ2) is 11.2. The SMILES string of the molecule is CCNC(=O)N1CCN(CC2=C(C(=O)OCC)[C@@H](c3ccccc3C(F)(F)F)NC(=O)N2C)C[C@@H]1C. The molecule has 198 valence electrons. The van der Waals surface area contributed by atoms with E-state index in [4.69, 9.17) is 4.74 Å². The molecule has 0 spiro atoms. The summed E-state index contributed by atoms with van der Waals surface area (Å²) in [6, 6.07) is 2.57. The summed E-state index contributed by atoms with van der Waals surface area (Å²) in [6.45, 7) is 7.30. The average molecular weight is 512 g/mol. The van der Waals surface area contributed by atoms with Crippen molar-refractivity contribution in [3.8, 4) is 0 Å². The lowest BCUT2D eigenvalue weighted by molar-refractivity contribution is -0.141. The van der Waals surface area contributed by atoms with Crippen molar-refractivity contribution in [1.29, 1.82) is 0 Å². The summed E-state index contributed by atoms with van der Waals surface area (Å²) in [5, 5.41) is 5.32. The fourth-order valence-corrected chi connectivity index (χ4v) is 4.58. The Morgan fingerprint density at radius 2 is 1.89 bits per heavy atom. The second-order valence-corrected chi connectivity index (χ2v) is 8.72. The third kappa shape index (κ3) is 5.75. The van der Waals surface area contributed by atoms with E-state index in [0.717, 1.165) is 6.07 Å². The van der Waals surface area contributed by atoms with Crippen LogP contribution in [-0.2, 0) is 15.7 Å². The van der Waals surface area contributed by atoms with Crippen LogP contribution in [0, 0.1) is 0 Å². The molecule has 2 atom stereocenters. The van der Waals surface area contributed by atoms with Gasteiger partial charge < -0.3 is 20.3 Å². The lowest BCUT2D eigenvalue weighted by Crippen LogP contribution is -2.58. The van der Waals surface area contributed by atoms with Crippen LogP contribution >= 0.6 is 0 Å². The largest absolute Gasteiger partial charge is 0.463 e. The number of rotatable bonds is 6. The van der Waals surface area contributed by atoms with Gasteiger partial charge in [0, 0.05) is 51.5 Å². The third-order valence-electron chi connectivity index (χ3n) is 6.32. The van der Waals surface area contributed by atoms with Gasteiger partial charge in [0.15, 0.2) is 0 Å². The predicted molar refractivity (Wildman–Crippen MR) is 126 cm³/mol. The zero-order valence-corrected chi connectivity index (χ0v) is 20.8. The second-order valence-electron chi connectivity index (χ2n) is 8.72. The molecule has 0 radical (unpaired) electrons. The number of likely N-dealkylation sites (N-methyl/N-ethyl adjacent to an activating group) is 1. The number of carbonyl (C=O) groups is 3. The van der Waals surface area contributed by atoms with Gasteiger partial charge in [-0.1, -0.05) is 18.2 Å². The monoisotopic (exact) mass is 511 g/mol. The number of amides is 4. The Labute approximate surface area is 208 Å². The molecule has 0 unspecified atom stereocenters. The number of alkyl halides is 3. The smallest absolute Gasteiger partial charge is 0.416 e. The van der Waals surface area contributed by atoms with E-state index < -0.39 is 29.8 Å². The van der Waals surface area contributed by atoms with Crippen molar-refractivity contribution >= 4 is 18.0 Å². The van der Waals surface area contributed by atoms with E-state index in [9.17, 15) is 27.6 Å². The number of hydrogen-bond acceptors (Lipinski definition) is 5. The first-order chi connectivity index (χ1) is 17.0. The van der Waals surface area contributed by atoms with Gasteiger partial charge in [0.05, 0.1) is 23.8 Å². The highest BCUT2D eigenvalue weighted by atomic mass is 19.4. The van der Waals surface area contributed by atoms with Crippen LogP contribution in [0.25, 0.3) is 0 Å². The van der Waals surface area contributed by atoms with E-state index in [1.54, 1.807) is 11.8 Å². The third-order valence-corrected chi connectivity index (χ3v) is 6.32. The number of ether oxygens (including phenoxy) is 1. The Morgan fingerprint density at radius 3 is 2.50 bits per heavy atom. The Kier molecular flexibility index (Phi) is 8.49. The van der Waals surface area contributed by atoms with Gasteiger partial charge in [-0.2, -0.15) is 13.2 Å². The molecule has 1 aromatic carbocycles. The number of piperazine rings is 1. The number of nitrogens with one attached hydrogen (secondary N) is 2. The van der Waals surface area contributed by atoms with E-state index in [-0.39, 0.29) is 42.1 Å². The zero-order chi connectivity index (χ0) is 26.6. The molecule has 12 heteroatoms. The molecule has 1 aromatic rings. The molecule has 1 saturated heterocycles. The summed E-state index contributed by atoms with van der Waals surface area (Å²) in [4.78, 5) is 43.2. The summed E-state index contributed by atoms with van der Waals surface area (Å²) in [5.74, 6) is -0.796. The molecule has 0 aliphatic carbocycles. The van der Waals surface area contributed by atoms with Gasteiger partial charge in [-0.25, -0.2) is 14.4 Å². The lowest BCUT2D eigenvalue weighted by atomic mass is 9.90. The summed E-state index contributed by atoms with van der Waals surface area (Å²) >= 11 is 0. The standard InChI is InChI=1S/C24H32F3N5O4/c1-5-28-22(34)32-12-11-31(13-15(32)3)14-18-19(21(33)36-6-2)20(29-23(35)30(18)4)16-9-7-8-10-17(16)24(25,26)27/h7-10,15,20H,5-6,11-14H2,1-4H3,(H,28,34)(H,29,35)/t15-,20+/m0/s1. The van der Waals surface area contributed by atoms with Crippen LogP contribution in [0.5, 0.6) is 0 Å². The molecule has 2 aliphatic rings. The average Bonchev–Trinajstić information content (AvgIpc) is 2.81. The van der Waals surface area contributed by atoms with Gasteiger partial charge in [0.25, 0.3) is 0 Å². The van der Waals surface area contributed by atoms with Crippen molar-refractivity contribution in [3.05, 3.63) is 46.7 Å².